The zero-order valence-electron chi connectivity index (χ0n) is 12.9. The van der Waals surface area contributed by atoms with Gasteiger partial charge in [-0.15, -0.1) is 0 Å². The lowest BCUT2D eigenvalue weighted by atomic mass is 9.81. The van der Waals surface area contributed by atoms with Gasteiger partial charge in [0.2, 0.25) is 0 Å². The van der Waals surface area contributed by atoms with Crippen LogP contribution < -0.4 is 4.74 Å². The number of hydrogen-bond donors (Lipinski definition) is 1. The number of nitrogens with zero attached hydrogens (tertiary/aromatic N) is 1. The smallest absolute Gasteiger partial charge is 0.311 e. The molecule has 0 unspecified atom stereocenters. The summed E-state index contributed by atoms with van der Waals surface area (Å²) in [5.74, 6) is 0.620. The molecule has 4 nitrogen and oxygen atoms in total. The lowest BCUT2D eigenvalue weighted by Gasteiger charge is -2.25. The highest BCUT2D eigenvalue weighted by atomic mass is 79.9. The molecule has 0 radical (unpaired) electrons. The molecular formula is C18H20BrNO3. The topological polar surface area (TPSA) is 49.8 Å². The fourth-order valence-corrected chi connectivity index (χ4v) is 4.82. The molecule has 2 aliphatic heterocycles. The van der Waals surface area contributed by atoms with E-state index in [1.807, 2.05) is 12.1 Å². The summed E-state index contributed by atoms with van der Waals surface area (Å²) in [5, 5.41) is 9.69. The molecule has 0 amide bonds. The summed E-state index contributed by atoms with van der Waals surface area (Å²) in [7, 11) is 0. The predicted molar refractivity (Wildman–Crippen MR) is 91.5 cm³/mol. The highest BCUT2D eigenvalue weighted by Crippen LogP contribution is 2.49. The van der Waals surface area contributed by atoms with Crippen LogP contribution in [0.1, 0.15) is 24.8 Å². The average Bonchev–Trinajstić information content (AvgIpc) is 3.04. The Bertz CT molecular complexity index is 687. The Morgan fingerprint density at radius 3 is 3.13 bits per heavy atom. The van der Waals surface area contributed by atoms with Crippen LogP contribution in [-0.2, 0) is 4.79 Å². The summed E-state index contributed by atoms with van der Waals surface area (Å²) >= 11 is 3.49. The molecule has 0 bridgehead atoms. The van der Waals surface area contributed by atoms with Crippen molar-refractivity contribution in [3.05, 3.63) is 33.8 Å². The van der Waals surface area contributed by atoms with E-state index in [0.29, 0.717) is 19.1 Å². The van der Waals surface area contributed by atoms with E-state index in [1.165, 1.54) is 5.57 Å². The van der Waals surface area contributed by atoms with Crippen LogP contribution in [0.2, 0.25) is 0 Å². The van der Waals surface area contributed by atoms with E-state index >= 15 is 0 Å². The number of likely N-dealkylation sites (tertiary alicyclic amines) is 1. The zero-order valence-corrected chi connectivity index (χ0v) is 14.5. The van der Waals surface area contributed by atoms with Crippen molar-refractivity contribution in [3.63, 3.8) is 0 Å². The van der Waals surface area contributed by atoms with Crippen LogP contribution >= 0.6 is 15.9 Å². The van der Waals surface area contributed by atoms with Crippen molar-refractivity contribution in [2.75, 3.05) is 26.2 Å². The summed E-state index contributed by atoms with van der Waals surface area (Å²) in [6.45, 7) is 2.97. The van der Waals surface area contributed by atoms with E-state index in [2.05, 4.69) is 33.0 Å². The van der Waals surface area contributed by atoms with Gasteiger partial charge in [0, 0.05) is 29.7 Å². The lowest BCUT2D eigenvalue weighted by Crippen LogP contribution is -2.36. The van der Waals surface area contributed by atoms with Crippen LogP contribution in [0.25, 0.3) is 6.08 Å². The molecule has 0 aromatic heterocycles. The third-order valence-electron chi connectivity index (χ3n) is 5.54. The monoisotopic (exact) mass is 377 g/mol. The van der Waals surface area contributed by atoms with Gasteiger partial charge >= 0.3 is 5.97 Å². The Kier molecular flexibility index (Phi) is 3.73. The van der Waals surface area contributed by atoms with Crippen LogP contribution in [0.15, 0.2) is 28.2 Å². The highest BCUT2D eigenvalue weighted by molar-refractivity contribution is 9.10. The largest absolute Gasteiger partial charge is 0.489 e. The fraction of sp³-hybridized carbons (Fsp3) is 0.500. The predicted octanol–water partition coefficient (Wildman–Crippen LogP) is 3.41. The van der Waals surface area contributed by atoms with Gasteiger partial charge in [0.1, 0.15) is 12.4 Å². The van der Waals surface area contributed by atoms with Gasteiger partial charge < -0.3 is 9.84 Å². The van der Waals surface area contributed by atoms with Gasteiger partial charge in [-0.3, -0.25) is 9.69 Å². The maximum atomic E-state index is 11.8. The maximum absolute atomic E-state index is 11.8. The maximum Gasteiger partial charge on any atom is 0.311 e. The van der Waals surface area contributed by atoms with Crippen LogP contribution in [0.3, 0.4) is 0 Å². The van der Waals surface area contributed by atoms with E-state index in [0.717, 1.165) is 48.1 Å². The molecule has 0 spiro atoms. The van der Waals surface area contributed by atoms with Gasteiger partial charge in [0.05, 0.1) is 5.41 Å². The number of rotatable bonds is 3. The van der Waals surface area contributed by atoms with Crippen LogP contribution in [-0.4, -0.2) is 42.2 Å². The third kappa shape index (κ3) is 2.60. The average molecular weight is 378 g/mol. The summed E-state index contributed by atoms with van der Waals surface area (Å²) in [6, 6.07) is 6.02. The van der Waals surface area contributed by atoms with Gasteiger partial charge in [-0.05, 0) is 48.6 Å². The van der Waals surface area contributed by atoms with E-state index in [9.17, 15) is 9.90 Å². The van der Waals surface area contributed by atoms with Gasteiger partial charge in [-0.25, -0.2) is 0 Å². The Labute approximate surface area is 144 Å². The molecule has 4 rings (SSSR count). The number of hydrogen-bond acceptors (Lipinski definition) is 3. The molecule has 3 aliphatic rings. The van der Waals surface area contributed by atoms with Crippen LogP contribution in [0.5, 0.6) is 5.75 Å². The summed E-state index contributed by atoms with van der Waals surface area (Å²) in [6.07, 6.45) is 5.12. The molecule has 1 aromatic carbocycles. The summed E-state index contributed by atoms with van der Waals surface area (Å²) in [4.78, 5) is 14.1. The number of carboxylic acids is 1. The lowest BCUT2D eigenvalue weighted by molar-refractivity contribution is -0.149. The molecule has 1 saturated heterocycles. The van der Waals surface area contributed by atoms with Crippen molar-refractivity contribution in [2.24, 2.45) is 11.3 Å². The minimum atomic E-state index is -0.606. The number of halogens is 1. The van der Waals surface area contributed by atoms with Gasteiger partial charge in [-0.1, -0.05) is 22.4 Å². The molecule has 1 N–H and O–H groups in total. The number of fused-ring (bicyclic) bond motifs is 2. The first-order valence-corrected chi connectivity index (χ1v) is 8.94. The third-order valence-corrected chi connectivity index (χ3v) is 6.03. The SMILES string of the molecule is O=C(O)[C@@]12CCC[C@H]1CN(CC1=Cc3cc(Br)ccc3OC1)C2. The van der Waals surface area contributed by atoms with E-state index in [4.69, 9.17) is 4.74 Å². The number of benzene rings is 1. The second-order valence-electron chi connectivity index (χ2n) is 6.99. The molecule has 2 heterocycles. The Morgan fingerprint density at radius 1 is 1.48 bits per heavy atom. The Hall–Kier alpha value is -1.33. The second-order valence-corrected chi connectivity index (χ2v) is 7.91. The first kappa shape index (κ1) is 15.2. The Morgan fingerprint density at radius 2 is 2.35 bits per heavy atom. The quantitative estimate of drug-likeness (QED) is 0.876. The minimum absolute atomic E-state index is 0.312. The van der Waals surface area contributed by atoms with Crippen LogP contribution in [0, 0.1) is 11.3 Å². The highest BCUT2D eigenvalue weighted by Gasteiger charge is 2.54. The molecule has 122 valence electrons. The first-order valence-electron chi connectivity index (χ1n) is 8.14. The van der Waals surface area contributed by atoms with Crippen LogP contribution in [0.4, 0.5) is 0 Å². The molecule has 5 heteroatoms. The molecule has 1 aliphatic carbocycles. The van der Waals surface area contributed by atoms with Gasteiger partial charge in [-0.2, -0.15) is 0 Å². The van der Waals surface area contributed by atoms with Gasteiger partial charge in [0.25, 0.3) is 0 Å². The first-order chi connectivity index (χ1) is 11.1. The Balaban J connectivity index is 1.51. The number of carboxylic acid groups (broad SMARTS) is 1. The summed E-state index contributed by atoms with van der Waals surface area (Å²) in [5.41, 5.74) is 1.81. The molecule has 2 fully saturated rings. The number of carbonyl (C=O) groups is 1. The molecule has 2 atom stereocenters. The standard InChI is InChI=1S/C18H20BrNO3/c19-15-3-4-16-13(7-15)6-12(10-23-16)8-20-9-14-2-1-5-18(14,11-20)17(21)22/h3-4,6-7,14H,1-2,5,8-11H2,(H,21,22)/t14-,18+/m0/s1. The van der Waals surface area contributed by atoms with Crippen molar-refractivity contribution in [1.29, 1.82) is 0 Å². The normalized spacial score (nSPS) is 29.6. The number of ether oxygens (including phenoxy) is 1. The molecule has 1 aromatic rings. The summed E-state index contributed by atoms with van der Waals surface area (Å²) < 4.78 is 6.88. The molecule has 1 saturated carbocycles. The fourth-order valence-electron chi connectivity index (χ4n) is 4.44. The van der Waals surface area contributed by atoms with Crippen molar-refractivity contribution in [2.45, 2.75) is 19.3 Å². The van der Waals surface area contributed by atoms with E-state index in [1.54, 1.807) is 0 Å². The molecule has 23 heavy (non-hydrogen) atoms. The van der Waals surface area contributed by atoms with Crippen molar-refractivity contribution in [3.8, 4) is 5.75 Å². The second kappa shape index (κ2) is 5.64. The van der Waals surface area contributed by atoms with Crippen molar-refractivity contribution >= 4 is 28.0 Å². The minimum Gasteiger partial charge on any atom is -0.489 e. The number of aliphatic carboxylic acids is 1. The van der Waals surface area contributed by atoms with Crippen molar-refractivity contribution < 1.29 is 14.6 Å². The zero-order chi connectivity index (χ0) is 16.0. The van der Waals surface area contributed by atoms with Crippen molar-refractivity contribution in [1.82, 2.24) is 4.90 Å². The van der Waals surface area contributed by atoms with E-state index < -0.39 is 11.4 Å². The van der Waals surface area contributed by atoms with E-state index in [-0.39, 0.29) is 0 Å². The molecular weight excluding hydrogens is 358 g/mol. The van der Waals surface area contributed by atoms with Gasteiger partial charge in [0.15, 0.2) is 0 Å².